The van der Waals surface area contributed by atoms with Crippen LogP contribution in [0.2, 0.25) is 0 Å². The summed E-state index contributed by atoms with van der Waals surface area (Å²) in [6.45, 7) is 15.4. The Bertz CT molecular complexity index is 120. The molecule has 0 radical (unpaired) electrons. The van der Waals surface area contributed by atoms with Gasteiger partial charge in [0.2, 0.25) is 0 Å². The largest absolute Gasteiger partial charge is 0.0880 e. The maximum absolute atomic E-state index is 2.36. The van der Waals surface area contributed by atoms with Crippen LogP contribution in [-0.2, 0) is 0 Å². The monoisotopic (exact) mass is 198 g/mol. The maximum atomic E-state index is 2.36. The second-order valence-electron chi connectivity index (χ2n) is 4.66. The number of hydrogen-bond donors (Lipinski definition) is 0. The van der Waals surface area contributed by atoms with Crippen molar-refractivity contribution in [1.82, 2.24) is 0 Å². The Kier molecular flexibility index (Phi) is 12.5. The van der Waals surface area contributed by atoms with Gasteiger partial charge in [-0.3, -0.25) is 0 Å². The molecule has 86 valence electrons. The molecule has 0 aromatic heterocycles. The molecule has 0 heterocycles. The molecule has 0 nitrogen and oxygen atoms in total. The second-order valence-corrected chi connectivity index (χ2v) is 4.66. The molecule has 0 aliphatic heterocycles. The molecule has 0 aliphatic rings. The third-order valence-corrected chi connectivity index (χ3v) is 1.92. The minimum atomic E-state index is 0.753. The molecule has 0 fully saturated rings. The van der Waals surface area contributed by atoms with Gasteiger partial charge < -0.3 is 0 Å². The molecule has 0 aromatic carbocycles. The fourth-order valence-corrected chi connectivity index (χ4v) is 1.41. The third kappa shape index (κ3) is 14.3. The van der Waals surface area contributed by atoms with Gasteiger partial charge in [0.1, 0.15) is 0 Å². The number of allylic oxidation sites excluding steroid dienone is 2. The Hall–Kier alpha value is -0.260. The summed E-state index contributed by atoms with van der Waals surface area (Å²) in [6, 6.07) is 0. The highest BCUT2D eigenvalue weighted by molar-refractivity contribution is 4.87. The molecular weight excluding hydrogens is 168 g/mol. The van der Waals surface area contributed by atoms with E-state index in [9.17, 15) is 0 Å². The van der Waals surface area contributed by atoms with Crippen molar-refractivity contribution in [1.29, 1.82) is 0 Å². The zero-order valence-corrected chi connectivity index (χ0v) is 11.3. The maximum Gasteiger partial charge on any atom is -0.0260 e. The van der Waals surface area contributed by atoms with Crippen LogP contribution in [0.3, 0.4) is 0 Å². The van der Waals surface area contributed by atoms with Crippen molar-refractivity contribution >= 4 is 0 Å². The molecule has 0 heteroatoms. The van der Waals surface area contributed by atoms with Crippen LogP contribution in [0, 0.1) is 17.8 Å². The molecule has 0 spiro atoms. The Morgan fingerprint density at radius 1 is 0.857 bits per heavy atom. The number of hydrogen-bond acceptors (Lipinski definition) is 0. The van der Waals surface area contributed by atoms with Crippen LogP contribution in [-0.4, -0.2) is 0 Å². The summed E-state index contributed by atoms with van der Waals surface area (Å²) in [6.07, 6.45) is 7.23. The first kappa shape index (κ1) is 16.2. The molecule has 0 saturated heterocycles. The lowest BCUT2D eigenvalue weighted by Crippen LogP contribution is -1.96. The Balaban J connectivity index is 0. The molecule has 0 aliphatic carbocycles. The van der Waals surface area contributed by atoms with E-state index in [4.69, 9.17) is 0 Å². The van der Waals surface area contributed by atoms with Gasteiger partial charge in [-0.15, -0.1) is 0 Å². The van der Waals surface area contributed by atoms with E-state index in [1.54, 1.807) is 0 Å². The highest BCUT2D eigenvalue weighted by Crippen LogP contribution is 2.13. The lowest BCUT2D eigenvalue weighted by Gasteiger charge is -2.08. The van der Waals surface area contributed by atoms with E-state index in [2.05, 4.69) is 46.8 Å². The lowest BCUT2D eigenvalue weighted by atomic mass is 9.98. The summed E-state index contributed by atoms with van der Waals surface area (Å²) >= 11 is 0. The molecular formula is C14H30. The van der Waals surface area contributed by atoms with E-state index in [0.29, 0.717) is 0 Å². The highest BCUT2D eigenvalue weighted by atomic mass is 14.1. The van der Waals surface area contributed by atoms with Crippen LogP contribution in [0.5, 0.6) is 0 Å². The Morgan fingerprint density at radius 2 is 1.36 bits per heavy atom. The number of rotatable bonds is 5. The molecule has 0 rings (SSSR count). The molecule has 1 unspecified atom stereocenters. The summed E-state index contributed by atoms with van der Waals surface area (Å²) in [7, 11) is 0. The van der Waals surface area contributed by atoms with Crippen molar-refractivity contribution in [3.8, 4) is 0 Å². The van der Waals surface area contributed by atoms with Gasteiger partial charge in [0.15, 0.2) is 0 Å². The van der Waals surface area contributed by atoms with Gasteiger partial charge in [0.25, 0.3) is 0 Å². The van der Waals surface area contributed by atoms with Crippen molar-refractivity contribution in [3.63, 3.8) is 0 Å². The topological polar surface area (TPSA) is 0 Å². The normalized spacial score (nSPS) is 13.2. The summed E-state index contributed by atoms with van der Waals surface area (Å²) in [4.78, 5) is 0. The first-order valence-electron chi connectivity index (χ1n) is 6.19. The van der Waals surface area contributed by atoms with E-state index >= 15 is 0 Å². The molecule has 0 saturated carbocycles. The summed E-state index contributed by atoms with van der Waals surface area (Å²) in [5.74, 6) is 2.37. The van der Waals surface area contributed by atoms with Gasteiger partial charge in [-0.1, -0.05) is 60.6 Å². The first-order chi connectivity index (χ1) is 6.52. The fourth-order valence-electron chi connectivity index (χ4n) is 1.41. The van der Waals surface area contributed by atoms with Crippen molar-refractivity contribution in [2.45, 2.75) is 61.3 Å². The lowest BCUT2D eigenvalue weighted by molar-refractivity contribution is 0.501. The van der Waals surface area contributed by atoms with E-state index < -0.39 is 0 Å². The van der Waals surface area contributed by atoms with Crippen LogP contribution in [0.1, 0.15) is 61.3 Å². The summed E-state index contributed by atoms with van der Waals surface area (Å²) < 4.78 is 0. The van der Waals surface area contributed by atoms with Crippen molar-refractivity contribution in [3.05, 3.63) is 12.2 Å². The average molecular weight is 198 g/mol. The van der Waals surface area contributed by atoms with Gasteiger partial charge in [-0.25, -0.2) is 0 Å². The van der Waals surface area contributed by atoms with Crippen LogP contribution in [0.4, 0.5) is 0 Å². The van der Waals surface area contributed by atoms with Crippen LogP contribution in [0.25, 0.3) is 0 Å². The zero-order chi connectivity index (χ0) is 11.6. The molecule has 1 atom stereocenters. The second kappa shape index (κ2) is 10.8. The summed E-state index contributed by atoms with van der Waals surface area (Å²) in [5.41, 5.74) is 0. The predicted molar refractivity (Wildman–Crippen MR) is 68.6 cm³/mol. The van der Waals surface area contributed by atoms with E-state index in [0.717, 1.165) is 17.8 Å². The SMILES string of the molecule is CC.CC(C)C/C=C/C(C)CC(C)C. The summed E-state index contributed by atoms with van der Waals surface area (Å²) in [5, 5.41) is 0. The highest BCUT2D eigenvalue weighted by Gasteiger charge is 2.00. The molecule has 0 bridgehead atoms. The van der Waals surface area contributed by atoms with E-state index in [1.807, 2.05) is 13.8 Å². The minimum absolute atomic E-state index is 0.753. The van der Waals surface area contributed by atoms with Crippen molar-refractivity contribution < 1.29 is 0 Å². The van der Waals surface area contributed by atoms with Gasteiger partial charge in [-0.05, 0) is 30.6 Å². The Labute approximate surface area is 91.8 Å². The molecule has 14 heavy (non-hydrogen) atoms. The van der Waals surface area contributed by atoms with Gasteiger partial charge >= 0.3 is 0 Å². The molecule has 0 N–H and O–H groups in total. The van der Waals surface area contributed by atoms with Gasteiger partial charge in [-0.2, -0.15) is 0 Å². The van der Waals surface area contributed by atoms with Crippen LogP contribution in [0.15, 0.2) is 12.2 Å². The third-order valence-electron chi connectivity index (χ3n) is 1.92. The molecule has 0 amide bonds. The predicted octanol–water partition coefficient (Wildman–Crippen LogP) is 5.30. The van der Waals surface area contributed by atoms with Crippen LogP contribution < -0.4 is 0 Å². The van der Waals surface area contributed by atoms with Gasteiger partial charge in [0.05, 0.1) is 0 Å². The smallest absolute Gasteiger partial charge is 0.0260 e. The Morgan fingerprint density at radius 3 is 1.71 bits per heavy atom. The first-order valence-corrected chi connectivity index (χ1v) is 6.19. The standard InChI is InChI=1S/C12H24.C2H6/c1-10(2)7-6-8-12(5)9-11(3)4;1-2/h6,8,10-12H,7,9H2,1-5H3;1-2H3/b8-6+;. The quantitative estimate of drug-likeness (QED) is 0.526. The zero-order valence-electron chi connectivity index (χ0n) is 11.3. The molecule has 0 aromatic rings. The minimum Gasteiger partial charge on any atom is -0.0880 e. The van der Waals surface area contributed by atoms with Crippen molar-refractivity contribution in [2.75, 3.05) is 0 Å². The van der Waals surface area contributed by atoms with E-state index in [-0.39, 0.29) is 0 Å². The van der Waals surface area contributed by atoms with Crippen molar-refractivity contribution in [2.24, 2.45) is 17.8 Å². The van der Waals surface area contributed by atoms with E-state index in [1.165, 1.54) is 12.8 Å². The van der Waals surface area contributed by atoms with Gasteiger partial charge in [0, 0.05) is 0 Å². The fraction of sp³-hybridized carbons (Fsp3) is 0.857. The average Bonchev–Trinajstić information content (AvgIpc) is 2.05. The van der Waals surface area contributed by atoms with Crippen LogP contribution >= 0.6 is 0 Å².